The zero-order chi connectivity index (χ0) is 14.8. The van der Waals surface area contributed by atoms with Crippen LogP contribution in [0.15, 0.2) is 42.5 Å². The average molecular weight is 323 g/mol. The van der Waals surface area contributed by atoms with Gasteiger partial charge in [0.25, 0.3) is 0 Å². The van der Waals surface area contributed by atoms with E-state index >= 15 is 0 Å². The normalized spacial score (nSPS) is 16.6. The van der Waals surface area contributed by atoms with E-state index in [0.717, 1.165) is 0 Å². The van der Waals surface area contributed by atoms with E-state index in [-0.39, 0.29) is 18.8 Å². The van der Waals surface area contributed by atoms with Gasteiger partial charge >= 0.3 is 0 Å². The molecule has 21 heavy (non-hydrogen) atoms. The minimum atomic E-state index is -0.646. The minimum absolute atomic E-state index is 0.112. The first kappa shape index (κ1) is 14.2. The van der Waals surface area contributed by atoms with Crippen molar-refractivity contribution in [1.29, 1.82) is 0 Å². The molecule has 0 bridgehead atoms. The van der Waals surface area contributed by atoms with E-state index in [4.69, 9.17) is 32.7 Å². The lowest BCUT2D eigenvalue weighted by atomic mass is 10.0. The fourth-order valence-corrected chi connectivity index (χ4v) is 2.70. The number of ketones is 1. The van der Waals surface area contributed by atoms with Crippen LogP contribution >= 0.6 is 23.2 Å². The van der Waals surface area contributed by atoms with Crippen molar-refractivity contribution in [3.8, 4) is 11.5 Å². The fourth-order valence-electron chi connectivity index (χ4n) is 2.17. The summed E-state index contributed by atoms with van der Waals surface area (Å²) in [6, 6.07) is 12.4. The summed E-state index contributed by atoms with van der Waals surface area (Å²) in [6.45, 7) is 0.192. The molecule has 1 atom stereocenters. The monoisotopic (exact) mass is 322 g/mol. The number of ether oxygens (including phenoxy) is 2. The van der Waals surface area contributed by atoms with Gasteiger partial charge in [-0.25, -0.2) is 0 Å². The summed E-state index contributed by atoms with van der Waals surface area (Å²) in [5.74, 6) is 1.11. The van der Waals surface area contributed by atoms with E-state index in [0.29, 0.717) is 27.1 Å². The Labute approximate surface area is 132 Å². The lowest BCUT2D eigenvalue weighted by Gasteiger charge is -2.25. The molecule has 108 valence electrons. The zero-order valence-electron chi connectivity index (χ0n) is 11.0. The number of para-hydroxylation sites is 2. The van der Waals surface area contributed by atoms with Crippen LogP contribution in [0.3, 0.4) is 0 Å². The van der Waals surface area contributed by atoms with Crippen LogP contribution in [0.5, 0.6) is 11.5 Å². The number of rotatable bonds is 3. The van der Waals surface area contributed by atoms with E-state index in [9.17, 15) is 4.79 Å². The Hall–Kier alpha value is -1.71. The summed E-state index contributed by atoms with van der Waals surface area (Å²) in [5.41, 5.74) is 0.619. The van der Waals surface area contributed by atoms with Gasteiger partial charge < -0.3 is 9.47 Å². The van der Waals surface area contributed by atoms with Crippen molar-refractivity contribution in [1.82, 2.24) is 0 Å². The Bertz CT molecular complexity index is 665. The summed E-state index contributed by atoms with van der Waals surface area (Å²) in [6.07, 6.45) is -0.526. The molecule has 1 aliphatic heterocycles. The Morgan fingerprint density at radius 3 is 2.43 bits per heavy atom. The maximum absolute atomic E-state index is 12.4. The Balaban J connectivity index is 1.76. The van der Waals surface area contributed by atoms with Crippen molar-refractivity contribution in [2.45, 2.75) is 12.5 Å². The van der Waals surface area contributed by atoms with Gasteiger partial charge in [-0.05, 0) is 29.8 Å². The summed E-state index contributed by atoms with van der Waals surface area (Å²) < 4.78 is 11.2. The highest BCUT2D eigenvalue weighted by Gasteiger charge is 2.28. The van der Waals surface area contributed by atoms with Gasteiger partial charge in [0, 0.05) is 16.5 Å². The summed E-state index contributed by atoms with van der Waals surface area (Å²) in [5, 5.41) is 0.959. The number of carbonyl (C=O) groups is 1. The van der Waals surface area contributed by atoms with Crippen LogP contribution in [0.1, 0.15) is 5.56 Å². The number of halogens is 2. The molecule has 5 heteroatoms. The van der Waals surface area contributed by atoms with Crippen molar-refractivity contribution >= 4 is 29.0 Å². The van der Waals surface area contributed by atoms with Gasteiger partial charge in [-0.2, -0.15) is 0 Å². The van der Waals surface area contributed by atoms with Crippen LogP contribution < -0.4 is 9.47 Å². The smallest absolute Gasteiger partial charge is 0.191 e. The number of Topliss-reactive ketones (excluding diaryl/α,β-unsaturated/α-hetero) is 1. The third kappa shape index (κ3) is 2.99. The molecule has 0 saturated heterocycles. The number of benzene rings is 2. The van der Waals surface area contributed by atoms with Gasteiger partial charge in [-0.3, -0.25) is 4.79 Å². The number of hydrogen-bond acceptors (Lipinski definition) is 3. The Kier molecular flexibility index (Phi) is 4.04. The van der Waals surface area contributed by atoms with Gasteiger partial charge in [0.2, 0.25) is 0 Å². The van der Waals surface area contributed by atoms with Crippen LogP contribution in [0.4, 0.5) is 0 Å². The van der Waals surface area contributed by atoms with Crippen molar-refractivity contribution in [3.05, 3.63) is 58.1 Å². The average Bonchev–Trinajstić information content (AvgIpc) is 2.50. The van der Waals surface area contributed by atoms with Crippen LogP contribution in [0.2, 0.25) is 10.0 Å². The van der Waals surface area contributed by atoms with E-state index in [1.165, 1.54) is 0 Å². The van der Waals surface area contributed by atoms with E-state index in [2.05, 4.69) is 0 Å². The number of carbonyl (C=O) groups excluding carboxylic acids is 1. The van der Waals surface area contributed by atoms with Crippen molar-refractivity contribution in [3.63, 3.8) is 0 Å². The molecule has 0 radical (unpaired) electrons. The molecule has 0 saturated carbocycles. The predicted molar refractivity (Wildman–Crippen MR) is 81.5 cm³/mol. The van der Waals surface area contributed by atoms with Crippen LogP contribution in [-0.2, 0) is 11.2 Å². The van der Waals surface area contributed by atoms with Crippen LogP contribution in [-0.4, -0.2) is 18.5 Å². The van der Waals surface area contributed by atoms with Gasteiger partial charge in [0.05, 0.1) is 0 Å². The molecular weight excluding hydrogens is 311 g/mol. The quantitative estimate of drug-likeness (QED) is 0.858. The number of hydrogen-bond donors (Lipinski definition) is 0. The third-order valence-corrected chi connectivity index (χ3v) is 3.99. The SMILES string of the molecule is O=C(Cc1c(Cl)cccc1Cl)C1COc2ccccc2O1. The van der Waals surface area contributed by atoms with Gasteiger partial charge in [0.1, 0.15) is 6.61 Å². The Morgan fingerprint density at radius 2 is 1.71 bits per heavy atom. The van der Waals surface area contributed by atoms with E-state index < -0.39 is 6.10 Å². The molecule has 0 amide bonds. The maximum Gasteiger partial charge on any atom is 0.191 e. The lowest BCUT2D eigenvalue weighted by Crippen LogP contribution is -2.37. The second-order valence-electron chi connectivity index (χ2n) is 4.71. The highest BCUT2D eigenvalue weighted by molar-refractivity contribution is 6.36. The molecule has 3 nitrogen and oxygen atoms in total. The first-order valence-corrected chi connectivity index (χ1v) is 7.25. The van der Waals surface area contributed by atoms with Crippen LogP contribution in [0.25, 0.3) is 0 Å². The molecule has 1 aliphatic rings. The van der Waals surface area contributed by atoms with E-state index in [1.54, 1.807) is 30.3 Å². The first-order chi connectivity index (χ1) is 10.1. The molecule has 0 N–H and O–H groups in total. The fraction of sp³-hybridized carbons (Fsp3) is 0.188. The minimum Gasteiger partial charge on any atom is -0.485 e. The van der Waals surface area contributed by atoms with E-state index in [1.807, 2.05) is 12.1 Å². The third-order valence-electron chi connectivity index (χ3n) is 3.28. The molecule has 0 fully saturated rings. The summed E-state index contributed by atoms with van der Waals surface area (Å²) in [4.78, 5) is 12.4. The second kappa shape index (κ2) is 5.96. The van der Waals surface area contributed by atoms with Crippen molar-refractivity contribution in [2.24, 2.45) is 0 Å². The zero-order valence-corrected chi connectivity index (χ0v) is 12.5. The Morgan fingerprint density at radius 1 is 1.05 bits per heavy atom. The van der Waals surface area contributed by atoms with Crippen molar-refractivity contribution in [2.75, 3.05) is 6.61 Å². The molecule has 3 rings (SSSR count). The highest BCUT2D eigenvalue weighted by atomic mass is 35.5. The second-order valence-corrected chi connectivity index (χ2v) is 5.52. The standard InChI is InChI=1S/C16H12Cl2O3/c17-11-4-3-5-12(18)10(11)8-13(19)16-9-20-14-6-1-2-7-15(14)21-16/h1-7,16H,8-9H2. The molecule has 0 aromatic heterocycles. The van der Waals surface area contributed by atoms with Gasteiger partial charge in [-0.1, -0.05) is 41.4 Å². The largest absolute Gasteiger partial charge is 0.485 e. The first-order valence-electron chi connectivity index (χ1n) is 6.49. The predicted octanol–water partition coefficient (Wildman–Crippen LogP) is 3.95. The van der Waals surface area contributed by atoms with Crippen molar-refractivity contribution < 1.29 is 14.3 Å². The highest BCUT2D eigenvalue weighted by Crippen LogP contribution is 2.32. The molecule has 0 spiro atoms. The van der Waals surface area contributed by atoms with Gasteiger partial charge in [-0.15, -0.1) is 0 Å². The topological polar surface area (TPSA) is 35.5 Å². The number of fused-ring (bicyclic) bond motifs is 1. The van der Waals surface area contributed by atoms with Crippen LogP contribution in [0, 0.1) is 0 Å². The molecule has 1 unspecified atom stereocenters. The molecule has 0 aliphatic carbocycles. The maximum atomic E-state index is 12.4. The molecule has 1 heterocycles. The van der Waals surface area contributed by atoms with Gasteiger partial charge in [0.15, 0.2) is 23.4 Å². The lowest BCUT2D eigenvalue weighted by molar-refractivity contribution is -0.127. The summed E-state index contributed by atoms with van der Waals surface area (Å²) >= 11 is 12.2. The molecule has 2 aromatic carbocycles. The molecule has 2 aromatic rings. The molecular formula is C16H12Cl2O3. The summed E-state index contributed by atoms with van der Waals surface area (Å²) in [7, 11) is 0.